The molecule has 0 aromatic heterocycles. The molecule has 0 aliphatic rings. The van der Waals surface area contributed by atoms with Crippen LogP contribution >= 0.6 is 15.9 Å². The van der Waals surface area contributed by atoms with Gasteiger partial charge in [0.15, 0.2) is 5.78 Å². The molecule has 0 saturated heterocycles. The van der Waals surface area contributed by atoms with Gasteiger partial charge < -0.3 is 5.11 Å². The number of halogens is 1. The van der Waals surface area contributed by atoms with Crippen molar-refractivity contribution in [3.63, 3.8) is 0 Å². The van der Waals surface area contributed by atoms with E-state index in [1.807, 2.05) is 0 Å². The van der Waals surface area contributed by atoms with Crippen molar-refractivity contribution in [3.8, 4) is 0 Å². The highest BCUT2D eigenvalue weighted by atomic mass is 79.9. The van der Waals surface area contributed by atoms with Gasteiger partial charge in [-0.1, -0.05) is 46.3 Å². The molecule has 0 aliphatic carbocycles. The molecule has 4 heteroatoms. The van der Waals surface area contributed by atoms with Gasteiger partial charge in [-0.25, -0.2) is 0 Å². The molecule has 1 atom stereocenters. The van der Waals surface area contributed by atoms with Crippen LogP contribution in [-0.4, -0.2) is 21.7 Å². The van der Waals surface area contributed by atoms with E-state index in [2.05, 4.69) is 15.9 Å². The average molecular weight is 257 g/mol. The maximum atomic E-state index is 11.6. The quantitative estimate of drug-likeness (QED) is 0.663. The molecular formula is C10H9BrO3. The summed E-state index contributed by atoms with van der Waals surface area (Å²) < 4.78 is 0. The third-order valence-corrected chi connectivity index (χ3v) is 2.44. The molecule has 0 radical (unpaired) electrons. The molecule has 1 aromatic rings. The summed E-state index contributed by atoms with van der Waals surface area (Å²) in [5.74, 6) is -1.19. The van der Waals surface area contributed by atoms with Crippen molar-refractivity contribution >= 4 is 27.7 Å². The molecule has 1 aromatic carbocycles. The number of Topliss-reactive ketones (excluding diaryl/α,β-unsaturated/α-hetero) is 1. The Morgan fingerprint density at radius 1 is 1.29 bits per heavy atom. The van der Waals surface area contributed by atoms with E-state index in [1.165, 1.54) is 0 Å². The maximum Gasteiger partial charge on any atom is 0.304 e. The van der Waals surface area contributed by atoms with Gasteiger partial charge in [0.05, 0.1) is 11.2 Å². The molecule has 74 valence electrons. The minimum absolute atomic E-state index is 0.201. The number of carbonyl (C=O) groups is 2. The maximum absolute atomic E-state index is 11.6. The normalized spacial score (nSPS) is 12.1. The molecule has 1 rings (SSSR count). The Bertz CT molecular complexity index is 334. The van der Waals surface area contributed by atoms with Crippen LogP contribution in [0.3, 0.4) is 0 Å². The fourth-order valence-electron chi connectivity index (χ4n) is 1.03. The van der Waals surface area contributed by atoms with E-state index in [-0.39, 0.29) is 12.2 Å². The minimum atomic E-state index is -0.990. The molecule has 14 heavy (non-hydrogen) atoms. The van der Waals surface area contributed by atoms with Crippen LogP contribution in [0.4, 0.5) is 0 Å². The first kappa shape index (κ1) is 10.9. The van der Waals surface area contributed by atoms with Crippen molar-refractivity contribution in [1.29, 1.82) is 0 Å². The van der Waals surface area contributed by atoms with E-state index < -0.39 is 10.8 Å². The van der Waals surface area contributed by atoms with Crippen LogP contribution < -0.4 is 0 Å². The van der Waals surface area contributed by atoms with E-state index in [0.717, 1.165) is 0 Å². The largest absolute Gasteiger partial charge is 0.481 e. The van der Waals surface area contributed by atoms with Crippen molar-refractivity contribution < 1.29 is 14.7 Å². The molecule has 0 aliphatic heterocycles. The number of rotatable bonds is 4. The first-order chi connectivity index (χ1) is 6.61. The molecule has 0 unspecified atom stereocenters. The number of carboxylic acids is 1. The second-order valence-electron chi connectivity index (χ2n) is 2.80. The van der Waals surface area contributed by atoms with Crippen molar-refractivity contribution in [2.24, 2.45) is 0 Å². The number of benzene rings is 1. The molecule has 0 bridgehead atoms. The highest BCUT2D eigenvalue weighted by Gasteiger charge is 2.19. The van der Waals surface area contributed by atoms with Crippen LogP contribution in [0.5, 0.6) is 0 Å². The molecule has 0 spiro atoms. The Labute approximate surface area is 89.9 Å². The zero-order chi connectivity index (χ0) is 10.6. The van der Waals surface area contributed by atoms with Gasteiger partial charge in [-0.3, -0.25) is 9.59 Å². The molecule has 3 nitrogen and oxygen atoms in total. The topological polar surface area (TPSA) is 54.4 Å². The molecule has 0 fully saturated rings. The van der Waals surface area contributed by atoms with Gasteiger partial charge >= 0.3 is 5.97 Å². The molecular weight excluding hydrogens is 248 g/mol. The van der Waals surface area contributed by atoms with Crippen LogP contribution in [0.2, 0.25) is 0 Å². The summed E-state index contributed by atoms with van der Waals surface area (Å²) in [5.41, 5.74) is 0.524. The van der Waals surface area contributed by atoms with Crippen LogP contribution in [0.15, 0.2) is 30.3 Å². The lowest BCUT2D eigenvalue weighted by atomic mass is 10.1. The van der Waals surface area contributed by atoms with Gasteiger partial charge in [-0.15, -0.1) is 0 Å². The molecule has 0 amide bonds. The predicted molar refractivity (Wildman–Crippen MR) is 55.7 cm³/mol. The standard InChI is InChI=1S/C10H9BrO3/c11-8(6-9(12)13)10(14)7-4-2-1-3-5-7/h1-5,8H,6H2,(H,12,13)/t8-/m1/s1. The first-order valence-corrected chi connectivity index (χ1v) is 4.98. The van der Waals surface area contributed by atoms with E-state index in [1.54, 1.807) is 30.3 Å². The highest BCUT2D eigenvalue weighted by Crippen LogP contribution is 2.13. The summed E-state index contributed by atoms with van der Waals surface area (Å²) in [6, 6.07) is 8.62. The van der Waals surface area contributed by atoms with Crippen LogP contribution in [0.1, 0.15) is 16.8 Å². The smallest absolute Gasteiger partial charge is 0.304 e. The summed E-state index contributed by atoms with van der Waals surface area (Å²) in [5, 5.41) is 8.50. The van der Waals surface area contributed by atoms with Crippen molar-refractivity contribution in [3.05, 3.63) is 35.9 Å². The Hall–Kier alpha value is -1.16. The van der Waals surface area contributed by atoms with Crippen molar-refractivity contribution in [2.45, 2.75) is 11.2 Å². The summed E-state index contributed by atoms with van der Waals surface area (Å²) in [6.07, 6.45) is -0.201. The summed E-state index contributed by atoms with van der Waals surface area (Å²) in [7, 11) is 0. The zero-order valence-electron chi connectivity index (χ0n) is 7.31. The fourth-order valence-corrected chi connectivity index (χ4v) is 1.57. The van der Waals surface area contributed by atoms with Gasteiger partial charge in [0.1, 0.15) is 0 Å². The van der Waals surface area contributed by atoms with Crippen LogP contribution in [0, 0.1) is 0 Å². The third-order valence-electron chi connectivity index (χ3n) is 1.70. The summed E-state index contributed by atoms with van der Waals surface area (Å²) in [6.45, 7) is 0. The van der Waals surface area contributed by atoms with Crippen LogP contribution in [0.25, 0.3) is 0 Å². The van der Waals surface area contributed by atoms with Gasteiger partial charge in [0.2, 0.25) is 0 Å². The molecule has 0 heterocycles. The van der Waals surface area contributed by atoms with Gasteiger partial charge in [-0.2, -0.15) is 0 Å². The molecule has 0 saturated carbocycles. The number of ketones is 1. The van der Waals surface area contributed by atoms with Gasteiger partial charge in [-0.05, 0) is 0 Å². The van der Waals surface area contributed by atoms with E-state index in [9.17, 15) is 9.59 Å². The second-order valence-corrected chi connectivity index (χ2v) is 3.90. The Balaban J connectivity index is 2.71. The van der Waals surface area contributed by atoms with Crippen LogP contribution in [-0.2, 0) is 4.79 Å². The zero-order valence-corrected chi connectivity index (χ0v) is 8.90. The third kappa shape index (κ3) is 2.96. The number of carboxylic acid groups (broad SMARTS) is 1. The predicted octanol–water partition coefficient (Wildman–Crippen LogP) is 2.11. The Morgan fingerprint density at radius 2 is 1.86 bits per heavy atom. The number of carbonyl (C=O) groups excluding carboxylic acids is 1. The van der Waals surface area contributed by atoms with Crippen molar-refractivity contribution in [1.82, 2.24) is 0 Å². The number of hydrogen-bond donors (Lipinski definition) is 1. The van der Waals surface area contributed by atoms with Gasteiger partial charge in [0, 0.05) is 5.56 Å². The summed E-state index contributed by atoms with van der Waals surface area (Å²) >= 11 is 3.05. The lowest BCUT2D eigenvalue weighted by Gasteiger charge is -2.05. The Kier molecular flexibility index (Phi) is 3.83. The SMILES string of the molecule is O=C(O)C[C@@H](Br)C(=O)c1ccccc1. The number of aliphatic carboxylic acids is 1. The fraction of sp³-hybridized carbons (Fsp3) is 0.200. The van der Waals surface area contributed by atoms with E-state index in [0.29, 0.717) is 5.56 Å². The van der Waals surface area contributed by atoms with E-state index in [4.69, 9.17) is 5.11 Å². The minimum Gasteiger partial charge on any atom is -0.481 e. The molecule has 1 N–H and O–H groups in total. The van der Waals surface area contributed by atoms with Crippen molar-refractivity contribution in [2.75, 3.05) is 0 Å². The lowest BCUT2D eigenvalue weighted by molar-refractivity contribution is -0.136. The first-order valence-electron chi connectivity index (χ1n) is 4.06. The average Bonchev–Trinajstić information content (AvgIpc) is 2.17. The monoisotopic (exact) mass is 256 g/mol. The summed E-state index contributed by atoms with van der Waals surface area (Å²) in [4.78, 5) is 21.3. The number of alkyl halides is 1. The Morgan fingerprint density at radius 3 is 2.36 bits per heavy atom. The second kappa shape index (κ2) is 4.91. The lowest BCUT2D eigenvalue weighted by Crippen LogP contribution is -2.17. The number of hydrogen-bond acceptors (Lipinski definition) is 2. The highest BCUT2D eigenvalue weighted by molar-refractivity contribution is 9.10. The van der Waals surface area contributed by atoms with E-state index >= 15 is 0 Å². The van der Waals surface area contributed by atoms with Gasteiger partial charge in [0.25, 0.3) is 0 Å².